The molecular formula is C14H19NO3S. The molecule has 1 heterocycles. The van der Waals surface area contributed by atoms with Gasteiger partial charge in [0.1, 0.15) is 5.41 Å². The Hall–Kier alpha value is -1.36. The summed E-state index contributed by atoms with van der Waals surface area (Å²) in [6.07, 6.45) is 1.70. The van der Waals surface area contributed by atoms with Gasteiger partial charge in [0.05, 0.1) is 6.04 Å². The third-order valence-corrected chi connectivity index (χ3v) is 4.93. The van der Waals surface area contributed by atoms with E-state index in [9.17, 15) is 14.7 Å². The maximum Gasteiger partial charge on any atom is 0.319 e. The summed E-state index contributed by atoms with van der Waals surface area (Å²) in [7, 11) is 0. The van der Waals surface area contributed by atoms with Crippen molar-refractivity contribution in [1.29, 1.82) is 0 Å². The van der Waals surface area contributed by atoms with Gasteiger partial charge in [0.25, 0.3) is 0 Å². The normalized spacial score (nSPS) is 18.5. The SMILES string of the molecule is Cc1cc(C(C)NC(=O)C2(C(=O)O)CCC2)c(C)s1. The summed E-state index contributed by atoms with van der Waals surface area (Å²) >= 11 is 1.69. The van der Waals surface area contributed by atoms with Gasteiger partial charge in [-0.1, -0.05) is 6.42 Å². The van der Waals surface area contributed by atoms with Gasteiger partial charge in [0.15, 0.2) is 0 Å². The zero-order valence-corrected chi connectivity index (χ0v) is 12.3. The van der Waals surface area contributed by atoms with Crippen LogP contribution in [-0.4, -0.2) is 17.0 Å². The monoisotopic (exact) mass is 281 g/mol. The summed E-state index contributed by atoms with van der Waals surface area (Å²) in [6, 6.07) is 1.91. The van der Waals surface area contributed by atoms with E-state index in [4.69, 9.17) is 0 Å². The van der Waals surface area contributed by atoms with E-state index < -0.39 is 11.4 Å². The highest BCUT2D eigenvalue weighted by Gasteiger charge is 2.51. The minimum absolute atomic E-state index is 0.144. The average Bonchev–Trinajstić information content (AvgIpc) is 2.55. The molecule has 1 atom stereocenters. The zero-order chi connectivity index (χ0) is 14.2. The van der Waals surface area contributed by atoms with E-state index >= 15 is 0 Å². The van der Waals surface area contributed by atoms with Gasteiger partial charge in [-0.3, -0.25) is 9.59 Å². The summed E-state index contributed by atoms with van der Waals surface area (Å²) in [4.78, 5) is 25.8. The van der Waals surface area contributed by atoms with E-state index in [1.807, 2.05) is 20.8 Å². The molecule has 19 heavy (non-hydrogen) atoms. The number of carbonyl (C=O) groups excluding carboxylic acids is 1. The van der Waals surface area contributed by atoms with Crippen molar-refractivity contribution in [3.05, 3.63) is 21.4 Å². The number of thiophene rings is 1. The molecule has 1 aromatic heterocycles. The Labute approximate surface area is 116 Å². The molecule has 2 rings (SSSR count). The summed E-state index contributed by atoms with van der Waals surface area (Å²) in [5.41, 5.74) is -0.108. The number of carboxylic acid groups (broad SMARTS) is 1. The molecule has 0 radical (unpaired) electrons. The fourth-order valence-electron chi connectivity index (χ4n) is 2.56. The first-order valence-corrected chi connectivity index (χ1v) is 7.30. The minimum Gasteiger partial charge on any atom is -0.480 e. The quantitative estimate of drug-likeness (QED) is 0.834. The van der Waals surface area contributed by atoms with Crippen LogP contribution in [0.25, 0.3) is 0 Å². The maximum absolute atomic E-state index is 12.2. The smallest absolute Gasteiger partial charge is 0.319 e. The number of carboxylic acids is 1. The Morgan fingerprint density at radius 1 is 1.42 bits per heavy atom. The van der Waals surface area contributed by atoms with Crippen LogP contribution in [0.1, 0.15) is 47.5 Å². The van der Waals surface area contributed by atoms with Crippen molar-refractivity contribution in [3.63, 3.8) is 0 Å². The second kappa shape index (κ2) is 4.96. The van der Waals surface area contributed by atoms with Crippen LogP contribution in [0, 0.1) is 19.3 Å². The molecule has 0 aromatic carbocycles. The number of carbonyl (C=O) groups is 2. The van der Waals surface area contributed by atoms with Gasteiger partial charge in [-0.25, -0.2) is 0 Å². The second-order valence-corrected chi connectivity index (χ2v) is 6.76. The molecule has 5 heteroatoms. The summed E-state index contributed by atoms with van der Waals surface area (Å²) in [5.74, 6) is -1.34. The number of nitrogens with one attached hydrogen (secondary N) is 1. The molecule has 0 bridgehead atoms. The first-order chi connectivity index (χ1) is 8.86. The molecule has 1 unspecified atom stereocenters. The van der Waals surface area contributed by atoms with Crippen LogP contribution in [0.4, 0.5) is 0 Å². The summed E-state index contributed by atoms with van der Waals surface area (Å²) in [5, 5.41) is 12.1. The molecule has 1 aliphatic carbocycles. The third kappa shape index (κ3) is 2.39. The van der Waals surface area contributed by atoms with Gasteiger partial charge < -0.3 is 10.4 Å². The van der Waals surface area contributed by atoms with Crippen molar-refractivity contribution in [2.45, 2.75) is 46.1 Å². The van der Waals surface area contributed by atoms with Gasteiger partial charge in [0, 0.05) is 9.75 Å². The maximum atomic E-state index is 12.2. The Morgan fingerprint density at radius 2 is 2.05 bits per heavy atom. The summed E-state index contributed by atoms with van der Waals surface area (Å²) < 4.78 is 0. The van der Waals surface area contributed by atoms with Crippen molar-refractivity contribution in [3.8, 4) is 0 Å². The van der Waals surface area contributed by atoms with Crippen molar-refractivity contribution < 1.29 is 14.7 Å². The van der Waals surface area contributed by atoms with Crippen molar-refractivity contribution >= 4 is 23.2 Å². The van der Waals surface area contributed by atoms with E-state index in [2.05, 4.69) is 11.4 Å². The highest BCUT2D eigenvalue weighted by atomic mass is 32.1. The van der Waals surface area contributed by atoms with E-state index in [1.165, 1.54) is 9.75 Å². The molecule has 2 N–H and O–H groups in total. The van der Waals surface area contributed by atoms with Crippen molar-refractivity contribution in [2.24, 2.45) is 5.41 Å². The van der Waals surface area contributed by atoms with Crippen molar-refractivity contribution in [1.82, 2.24) is 5.32 Å². The molecule has 0 aliphatic heterocycles. The first kappa shape index (κ1) is 14.1. The molecule has 0 spiro atoms. The molecule has 4 nitrogen and oxygen atoms in total. The number of rotatable bonds is 4. The van der Waals surface area contributed by atoms with Gasteiger partial charge in [0.2, 0.25) is 5.91 Å². The predicted molar refractivity (Wildman–Crippen MR) is 74.3 cm³/mol. The van der Waals surface area contributed by atoms with Crippen LogP contribution in [-0.2, 0) is 9.59 Å². The first-order valence-electron chi connectivity index (χ1n) is 6.48. The van der Waals surface area contributed by atoms with Crippen LogP contribution in [0.3, 0.4) is 0 Å². The van der Waals surface area contributed by atoms with Crippen LogP contribution in [0.15, 0.2) is 6.07 Å². The van der Waals surface area contributed by atoms with Crippen LogP contribution in [0.2, 0.25) is 0 Å². The average molecular weight is 281 g/mol. The Bertz CT molecular complexity index is 517. The van der Waals surface area contributed by atoms with Crippen LogP contribution >= 0.6 is 11.3 Å². The van der Waals surface area contributed by atoms with Gasteiger partial charge in [-0.2, -0.15) is 0 Å². The predicted octanol–water partition coefficient (Wildman–Crippen LogP) is 2.80. The molecule has 1 aromatic rings. The Morgan fingerprint density at radius 3 is 2.42 bits per heavy atom. The Kier molecular flexibility index (Phi) is 3.67. The molecule has 1 amide bonds. The molecule has 1 fully saturated rings. The Balaban J connectivity index is 2.11. The fraction of sp³-hybridized carbons (Fsp3) is 0.571. The van der Waals surface area contributed by atoms with E-state index in [-0.39, 0.29) is 11.9 Å². The number of aryl methyl sites for hydroxylation is 2. The van der Waals surface area contributed by atoms with E-state index in [0.717, 1.165) is 12.0 Å². The van der Waals surface area contributed by atoms with Crippen LogP contribution < -0.4 is 5.32 Å². The topological polar surface area (TPSA) is 66.4 Å². The van der Waals surface area contributed by atoms with E-state index in [1.54, 1.807) is 11.3 Å². The lowest BCUT2D eigenvalue weighted by Crippen LogP contribution is -2.51. The largest absolute Gasteiger partial charge is 0.480 e. The number of hydrogen-bond acceptors (Lipinski definition) is 3. The van der Waals surface area contributed by atoms with Gasteiger partial charge in [-0.05, 0) is 45.2 Å². The number of aliphatic carboxylic acids is 1. The van der Waals surface area contributed by atoms with Crippen molar-refractivity contribution in [2.75, 3.05) is 0 Å². The third-order valence-electron chi connectivity index (χ3n) is 3.94. The fourth-order valence-corrected chi connectivity index (χ4v) is 3.58. The lowest BCUT2D eigenvalue weighted by atomic mass is 9.68. The summed E-state index contributed by atoms with van der Waals surface area (Å²) in [6.45, 7) is 5.95. The van der Waals surface area contributed by atoms with Gasteiger partial charge in [-0.15, -0.1) is 11.3 Å². The molecular weight excluding hydrogens is 262 g/mol. The highest BCUT2D eigenvalue weighted by Crippen LogP contribution is 2.42. The minimum atomic E-state index is -1.19. The zero-order valence-electron chi connectivity index (χ0n) is 11.4. The molecule has 1 saturated carbocycles. The number of amides is 1. The number of hydrogen-bond donors (Lipinski definition) is 2. The molecule has 104 valence electrons. The van der Waals surface area contributed by atoms with Gasteiger partial charge >= 0.3 is 5.97 Å². The van der Waals surface area contributed by atoms with E-state index in [0.29, 0.717) is 12.8 Å². The second-order valence-electron chi connectivity index (χ2n) is 5.30. The standard InChI is InChI=1S/C14H19NO3S/c1-8-7-11(10(3)19-8)9(2)15-12(16)14(13(17)18)5-4-6-14/h7,9H,4-6H2,1-3H3,(H,15,16)(H,17,18). The van der Waals surface area contributed by atoms with Crippen LogP contribution in [0.5, 0.6) is 0 Å². The highest BCUT2D eigenvalue weighted by molar-refractivity contribution is 7.12. The molecule has 0 saturated heterocycles. The lowest BCUT2D eigenvalue weighted by Gasteiger charge is -2.36. The molecule has 1 aliphatic rings. The lowest BCUT2D eigenvalue weighted by molar-refractivity contribution is -0.162.